The van der Waals surface area contributed by atoms with E-state index < -0.39 is 5.41 Å². The molecule has 0 aliphatic carbocycles. The molecule has 0 spiro atoms. The summed E-state index contributed by atoms with van der Waals surface area (Å²) in [5.74, 6) is 0.146. The molecular formula is C16H17BrO4. The van der Waals surface area contributed by atoms with E-state index in [9.17, 15) is 9.59 Å². The van der Waals surface area contributed by atoms with Crippen molar-refractivity contribution in [2.75, 3.05) is 0 Å². The van der Waals surface area contributed by atoms with Gasteiger partial charge in [0.1, 0.15) is 18.0 Å². The van der Waals surface area contributed by atoms with Gasteiger partial charge in [0.15, 0.2) is 5.78 Å². The first kappa shape index (κ1) is 15.8. The number of fused-ring (bicyclic) bond motifs is 1. The second kappa shape index (κ2) is 5.64. The fourth-order valence-corrected chi connectivity index (χ4v) is 2.33. The zero-order valence-corrected chi connectivity index (χ0v) is 14.0. The molecule has 0 aliphatic heterocycles. The van der Waals surface area contributed by atoms with Crippen molar-refractivity contribution in [2.24, 2.45) is 5.41 Å². The van der Waals surface area contributed by atoms with Gasteiger partial charge in [-0.3, -0.25) is 9.59 Å². The molecule has 0 fully saturated rings. The van der Waals surface area contributed by atoms with Crippen LogP contribution in [0.1, 0.15) is 43.8 Å². The average Bonchev–Trinajstić information content (AvgIpc) is 2.75. The molecule has 1 aromatic carbocycles. The van der Waals surface area contributed by atoms with Crippen LogP contribution in [-0.2, 0) is 16.1 Å². The first-order chi connectivity index (χ1) is 9.68. The minimum Gasteiger partial charge on any atom is -0.457 e. The Bertz CT molecular complexity index is 707. The Morgan fingerprint density at radius 3 is 2.48 bits per heavy atom. The molecule has 0 saturated heterocycles. The third-order valence-corrected chi connectivity index (χ3v) is 3.43. The lowest BCUT2D eigenvalue weighted by atomic mass is 9.97. The van der Waals surface area contributed by atoms with Crippen LogP contribution in [0.4, 0.5) is 0 Å². The minimum absolute atomic E-state index is 0.0553. The van der Waals surface area contributed by atoms with Crippen molar-refractivity contribution in [3.05, 3.63) is 34.0 Å². The van der Waals surface area contributed by atoms with E-state index in [1.165, 1.54) is 6.92 Å². The van der Waals surface area contributed by atoms with Crippen LogP contribution in [0.2, 0.25) is 0 Å². The number of ether oxygens (including phenoxy) is 1. The molecule has 1 heterocycles. The summed E-state index contributed by atoms with van der Waals surface area (Å²) >= 11 is 3.37. The largest absolute Gasteiger partial charge is 0.457 e. The third kappa shape index (κ3) is 3.53. The summed E-state index contributed by atoms with van der Waals surface area (Å²) in [6.07, 6.45) is 0. The monoisotopic (exact) mass is 352 g/mol. The lowest BCUT2D eigenvalue weighted by Gasteiger charge is -2.15. The SMILES string of the molecule is CC(=O)c1cc(Br)cc2cc(COC(=O)C(C)(C)C)oc12. The second-order valence-corrected chi connectivity index (χ2v) is 6.88. The molecule has 0 bridgehead atoms. The zero-order chi connectivity index (χ0) is 15.8. The summed E-state index contributed by atoms with van der Waals surface area (Å²) in [5, 5.41) is 0.802. The molecule has 4 nitrogen and oxygen atoms in total. The number of halogens is 1. The van der Waals surface area contributed by atoms with E-state index >= 15 is 0 Å². The Morgan fingerprint density at radius 1 is 1.24 bits per heavy atom. The smallest absolute Gasteiger partial charge is 0.311 e. The Hall–Kier alpha value is -1.62. The van der Waals surface area contributed by atoms with E-state index in [0.29, 0.717) is 16.9 Å². The summed E-state index contributed by atoms with van der Waals surface area (Å²) < 4.78 is 11.7. The van der Waals surface area contributed by atoms with Crippen LogP contribution in [-0.4, -0.2) is 11.8 Å². The Kier molecular flexibility index (Phi) is 4.23. The third-order valence-electron chi connectivity index (χ3n) is 2.97. The van der Waals surface area contributed by atoms with Crippen LogP contribution in [0.25, 0.3) is 11.0 Å². The number of carbonyl (C=O) groups is 2. The van der Waals surface area contributed by atoms with Gasteiger partial charge in [-0.25, -0.2) is 0 Å². The van der Waals surface area contributed by atoms with Gasteiger partial charge in [0, 0.05) is 9.86 Å². The zero-order valence-electron chi connectivity index (χ0n) is 12.5. The first-order valence-corrected chi connectivity index (χ1v) is 7.38. The van der Waals surface area contributed by atoms with Crippen LogP contribution in [0.5, 0.6) is 0 Å². The number of hydrogen-bond acceptors (Lipinski definition) is 4. The number of esters is 1. The van der Waals surface area contributed by atoms with Crippen molar-refractivity contribution >= 4 is 38.7 Å². The average molecular weight is 353 g/mol. The van der Waals surface area contributed by atoms with Gasteiger partial charge in [-0.05, 0) is 45.9 Å². The van der Waals surface area contributed by atoms with Gasteiger partial charge in [-0.2, -0.15) is 0 Å². The van der Waals surface area contributed by atoms with E-state index in [4.69, 9.17) is 9.15 Å². The Balaban J connectivity index is 2.29. The number of ketones is 1. The molecule has 112 valence electrons. The minimum atomic E-state index is -0.556. The fourth-order valence-electron chi connectivity index (χ4n) is 1.86. The molecule has 0 aliphatic rings. The van der Waals surface area contributed by atoms with Gasteiger partial charge in [0.2, 0.25) is 0 Å². The summed E-state index contributed by atoms with van der Waals surface area (Å²) in [5.41, 5.74) is 0.472. The molecule has 0 radical (unpaired) electrons. The van der Waals surface area contributed by atoms with Crippen molar-refractivity contribution in [1.29, 1.82) is 0 Å². The summed E-state index contributed by atoms with van der Waals surface area (Å²) in [6.45, 7) is 6.92. The molecule has 21 heavy (non-hydrogen) atoms. The van der Waals surface area contributed by atoms with E-state index in [0.717, 1.165) is 9.86 Å². The molecule has 0 N–H and O–H groups in total. The predicted octanol–water partition coefficient (Wildman–Crippen LogP) is 4.49. The highest BCUT2D eigenvalue weighted by Gasteiger charge is 2.23. The van der Waals surface area contributed by atoms with Crippen LogP contribution >= 0.6 is 15.9 Å². The lowest BCUT2D eigenvalue weighted by molar-refractivity contribution is -0.154. The highest BCUT2D eigenvalue weighted by atomic mass is 79.9. The summed E-state index contributed by atoms with van der Waals surface area (Å²) in [6, 6.07) is 5.36. The van der Waals surface area contributed by atoms with Crippen LogP contribution < -0.4 is 0 Å². The predicted molar refractivity (Wildman–Crippen MR) is 83.2 cm³/mol. The van der Waals surface area contributed by atoms with E-state index in [1.807, 2.05) is 6.07 Å². The maximum atomic E-state index is 11.8. The standard InChI is InChI=1S/C16H17BrO4/c1-9(18)13-7-11(17)5-10-6-12(21-14(10)13)8-20-15(19)16(2,3)4/h5-7H,8H2,1-4H3. The van der Waals surface area contributed by atoms with Crippen molar-refractivity contribution in [3.8, 4) is 0 Å². The number of carbonyl (C=O) groups excluding carboxylic acids is 2. The van der Waals surface area contributed by atoms with Gasteiger partial charge >= 0.3 is 5.97 Å². The maximum absolute atomic E-state index is 11.8. The normalized spacial score (nSPS) is 11.7. The molecule has 0 amide bonds. The van der Waals surface area contributed by atoms with Gasteiger partial charge in [0.25, 0.3) is 0 Å². The molecule has 0 atom stereocenters. The lowest BCUT2D eigenvalue weighted by Crippen LogP contribution is -2.22. The highest BCUT2D eigenvalue weighted by Crippen LogP contribution is 2.28. The van der Waals surface area contributed by atoms with Gasteiger partial charge < -0.3 is 9.15 Å². The van der Waals surface area contributed by atoms with Gasteiger partial charge in [-0.15, -0.1) is 0 Å². The molecule has 0 unspecified atom stereocenters. The Labute approximate surface area is 131 Å². The van der Waals surface area contributed by atoms with E-state index in [2.05, 4.69) is 15.9 Å². The molecule has 2 rings (SSSR count). The van der Waals surface area contributed by atoms with Crippen molar-refractivity contribution < 1.29 is 18.7 Å². The van der Waals surface area contributed by atoms with Gasteiger partial charge in [-0.1, -0.05) is 15.9 Å². The van der Waals surface area contributed by atoms with Crippen molar-refractivity contribution in [1.82, 2.24) is 0 Å². The highest BCUT2D eigenvalue weighted by molar-refractivity contribution is 9.10. The number of benzene rings is 1. The Morgan fingerprint density at radius 2 is 1.90 bits per heavy atom. The molecule has 2 aromatic rings. The van der Waals surface area contributed by atoms with Crippen molar-refractivity contribution in [2.45, 2.75) is 34.3 Å². The van der Waals surface area contributed by atoms with Crippen LogP contribution in [0.15, 0.2) is 27.1 Å². The molecule has 5 heteroatoms. The van der Waals surface area contributed by atoms with Gasteiger partial charge in [0.05, 0.1) is 11.0 Å². The van der Waals surface area contributed by atoms with Crippen LogP contribution in [0.3, 0.4) is 0 Å². The fraction of sp³-hybridized carbons (Fsp3) is 0.375. The summed E-state index contributed by atoms with van der Waals surface area (Å²) in [4.78, 5) is 23.4. The molecule has 0 saturated carbocycles. The van der Waals surface area contributed by atoms with Crippen LogP contribution in [0, 0.1) is 5.41 Å². The maximum Gasteiger partial charge on any atom is 0.311 e. The first-order valence-electron chi connectivity index (χ1n) is 6.58. The summed E-state index contributed by atoms with van der Waals surface area (Å²) in [7, 11) is 0. The number of hydrogen-bond donors (Lipinski definition) is 0. The quantitative estimate of drug-likeness (QED) is 0.603. The topological polar surface area (TPSA) is 56.5 Å². The number of rotatable bonds is 3. The number of furan rings is 1. The number of Topliss-reactive ketones (excluding diaryl/α,β-unsaturated/α-hetero) is 1. The molecular weight excluding hydrogens is 336 g/mol. The second-order valence-electron chi connectivity index (χ2n) is 5.97. The van der Waals surface area contributed by atoms with E-state index in [1.54, 1.807) is 32.9 Å². The molecule has 1 aromatic heterocycles. The van der Waals surface area contributed by atoms with E-state index in [-0.39, 0.29) is 18.4 Å². The van der Waals surface area contributed by atoms with Crippen molar-refractivity contribution in [3.63, 3.8) is 0 Å².